The second-order valence-corrected chi connectivity index (χ2v) is 9.28. The van der Waals surface area contributed by atoms with Gasteiger partial charge in [-0.2, -0.15) is 18.2 Å². The molecule has 0 bridgehead atoms. The first kappa shape index (κ1) is 26.9. The van der Waals surface area contributed by atoms with Gasteiger partial charge in [-0.3, -0.25) is 0 Å². The van der Waals surface area contributed by atoms with Crippen LogP contribution in [0.15, 0.2) is 24.3 Å². The molecule has 4 rings (SSSR count). The SMILES string of the molecule is Cc1cc(F)c(NC(=O)N2CC(C(F)(F)F)CC2C)cc1-c1cc(OCCO)nc(N2CCOCC2)c1. The van der Waals surface area contributed by atoms with E-state index in [2.05, 4.69) is 10.3 Å². The van der Waals surface area contributed by atoms with Crippen molar-refractivity contribution in [2.75, 3.05) is 56.3 Å². The predicted octanol–water partition coefficient (Wildman–Crippen LogP) is 4.21. The van der Waals surface area contributed by atoms with Gasteiger partial charge in [0.05, 0.1) is 31.4 Å². The van der Waals surface area contributed by atoms with E-state index in [0.29, 0.717) is 48.8 Å². The lowest BCUT2D eigenvalue weighted by molar-refractivity contribution is -0.170. The number of rotatable bonds is 6. The van der Waals surface area contributed by atoms with Crippen molar-refractivity contribution in [2.45, 2.75) is 32.5 Å². The summed E-state index contributed by atoms with van der Waals surface area (Å²) < 4.78 is 65.3. The molecule has 0 saturated carbocycles. The zero-order chi connectivity index (χ0) is 26.7. The number of hydrogen-bond acceptors (Lipinski definition) is 6. The minimum Gasteiger partial charge on any atom is -0.475 e. The fraction of sp³-hybridized carbons (Fsp3) is 0.520. The number of aliphatic hydroxyl groups excluding tert-OH is 1. The number of carbonyl (C=O) groups is 1. The minimum absolute atomic E-state index is 0.0374. The van der Waals surface area contributed by atoms with Crippen LogP contribution < -0.4 is 15.0 Å². The Bertz CT molecular complexity index is 1120. The second-order valence-electron chi connectivity index (χ2n) is 9.28. The van der Waals surface area contributed by atoms with Crippen molar-refractivity contribution in [2.24, 2.45) is 5.92 Å². The lowest BCUT2D eigenvalue weighted by atomic mass is 10.00. The molecule has 2 fully saturated rings. The Kier molecular flexibility index (Phi) is 8.08. The van der Waals surface area contributed by atoms with Crippen LogP contribution in [-0.2, 0) is 4.74 Å². The Hall–Kier alpha value is -3.12. The number of nitrogens with one attached hydrogen (secondary N) is 1. The van der Waals surface area contributed by atoms with Gasteiger partial charge >= 0.3 is 12.2 Å². The zero-order valence-electron chi connectivity index (χ0n) is 20.6. The first-order chi connectivity index (χ1) is 17.6. The van der Waals surface area contributed by atoms with E-state index >= 15 is 0 Å². The van der Waals surface area contributed by atoms with Gasteiger partial charge in [0.15, 0.2) is 0 Å². The lowest BCUT2D eigenvalue weighted by Gasteiger charge is -2.28. The molecule has 12 heteroatoms. The van der Waals surface area contributed by atoms with Crippen LogP contribution in [0.25, 0.3) is 11.1 Å². The van der Waals surface area contributed by atoms with E-state index in [1.54, 1.807) is 19.9 Å². The Balaban J connectivity index is 1.63. The van der Waals surface area contributed by atoms with Crippen molar-refractivity contribution in [1.29, 1.82) is 0 Å². The van der Waals surface area contributed by atoms with Crippen LogP contribution in [-0.4, -0.2) is 79.3 Å². The lowest BCUT2D eigenvalue weighted by Crippen LogP contribution is -2.38. The van der Waals surface area contributed by atoms with E-state index in [9.17, 15) is 22.4 Å². The molecule has 8 nitrogen and oxygen atoms in total. The van der Waals surface area contributed by atoms with Crippen molar-refractivity contribution in [1.82, 2.24) is 9.88 Å². The summed E-state index contributed by atoms with van der Waals surface area (Å²) >= 11 is 0. The summed E-state index contributed by atoms with van der Waals surface area (Å²) in [6.45, 7) is 4.92. The molecule has 2 aliphatic heterocycles. The Morgan fingerprint density at radius 3 is 2.62 bits per heavy atom. The van der Waals surface area contributed by atoms with Crippen LogP contribution in [0.1, 0.15) is 18.9 Å². The molecule has 0 radical (unpaired) electrons. The number of alkyl halides is 3. The zero-order valence-corrected chi connectivity index (χ0v) is 20.6. The average Bonchev–Trinajstić information content (AvgIpc) is 3.27. The molecule has 2 saturated heterocycles. The summed E-state index contributed by atoms with van der Waals surface area (Å²) in [7, 11) is 0. The molecule has 1 aromatic carbocycles. The van der Waals surface area contributed by atoms with Crippen molar-refractivity contribution < 1.29 is 36.9 Å². The van der Waals surface area contributed by atoms with Crippen molar-refractivity contribution in [3.8, 4) is 17.0 Å². The number of carbonyl (C=O) groups excluding carboxylic acids is 1. The van der Waals surface area contributed by atoms with E-state index in [1.165, 1.54) is 12.1 Å². The van der Waals surface area contributed by atoms with Crippen molar-refractivity contribution in [3.05, 3.63) is 35.6 Å². The first-order valence-corrected chi connectivity index (χ1v) is 12.1. The number of likely N-dealkylation sites (tertiary alicyclic amines) is 1. The van der Waals surface area contributed by atoms with Gasteiger partial charge in [0, 0.05) is 31.7 Å². The number of halogens is 4. The highest BCUT2D eigenvalue weighted by Gasteiger charge is 2.47. The van der Waals surface area contributed by atoms with Crippen LogP contribution in [0.3, 0.4) is 0 Å². The Morgan fingerprint density at radius 2 is 1.97 bits per heavy atom. The smallest absolute Gasteiger partial charge is 0.393 e. The fourth-order valence-corrected chi connectivity index (χ4v) is 4.64. The maximum absolute atomic E-state index is 14.9. The minimum atomic E-state index is -4.40. The summed E-state index contributed by atoms with van der Waals surface area (Å²) in [5.41, 5.74) is 1.67. The van der Waals surface area contributed by atoms with E-state index in [-0.39, 0.29) is 31.2 Å². The molecule has 0 aliphatic carbocycles. The number of ether oxygens (including phenoxy) is 2. The van der Waals surface area contributed by atoms with Gasteiger partial charge < -0.3 is 29.7 Å². The van der Waals surface area contributed by atoms with E-state index in [1.807, 2.05) is 11.0 Å². The van der Waals surface area contributed by atoms with Gasteiger partial charge in [-0.05, 0) is 55.2 Å². The Morgan fingerprint density at radius 1 is 1.24 bits per heavy atom. The molecule has 1 aromatic heterocycles. The van der Waals surface area contributed by atoms with Crippen LogP contribution in [0.5, 0.6) is 5.88 Å². The highest BCUT2D eigenvalue weighted by atomic mass is 19.4. The van der Waals surface area contributed by atoms with Crippen LogP contribution in [0.4, 0.5) is 33.9 Å². The molecule has 0 spiro atoms. The van der Waals surface area contributed by atoms with E-state index < -0.39 is 36.5 Å². The number of urea groups is 1. The third kappa shape index (κ3) is 6.24. The van der Waals surface area contributed by atoms with Crippen LogP contribution in [0.2, 0.25) is 0 Å². The van der Waals surface area contributed by atoms with E-state index in [0.717, 1.165) is 4.90 Å². The number of aromatic nitrogens is 1. The highest BCUT2D eigenvalue weighted by molar-refractivity contribution is 5.91. The fourth-order valence-electron chi connectivity index (χ4n) is 4.64. The third-order valence-corrected chi connectivity index (χ3v) is 6.63. The molecule has 2 atom stereocenters. The highest BCUT2D eigenvalue weighted by Crippen LogP contribution is 2.37. The van der Waals surface area contributed by atoms with Gasteiger partial charge in [0.25, 0.3) is 0 Å². The van der Waals surface area contributed by atoms with Gasteiger partial charge in [0.1, 0.15) is 18.2 Å². The van der Waals surface area contributed by atoms with Crippen molar-refractivity contribution in [3.63, 3.8) is 0 Å². The number of hydrogen-bond donors (Lipinski definition) is 2. The topological polar surface area (TPSA) is 87.2 Å². The third-order valence-electron chi connectivity index (χ3n) is 6.63. The molecule has 37 heavy (non-hydrogen) atoms. The number of morpholine rings is 1. The summed E-state index contributed by atoms with van der Waals surface area (Å²) in [6.07, 6.45) is -4.60. The maximum Gasteiger partial charge on any atom is 0.393 e. The number of amides is 2. The number of nitrogens with zero attached hydrogens (tertiary/aromatic N) is 3. The monoisotopic (exact) mass is 526 g/mol. The molecule has 2 N–H and O–H groups in total. The molecule has 2 aromatic rings. The first-order valence-electron chi connectivity index (χ1n) is 12.1. The number of pyridine rings is 1. The Labute approximate surface area is 212 Å². The molecule has 2 amide bonds. The quantitative estimate of drug-likeness (QED) is 0.549. The number of aryl methyl sites for hydroxylation is 1. The summed E-state index contributed by atoms with van der Waals surface area (Å²) in [4.78, 5) is 20.4. The van der Waals surface area contributed by atoms with Gasteiger partial charge in [-0.25, -0.2) is 9.18 Å². The van der Waals surface area contributed by atoms with Gasteiger partial charge in [-0.1, -0.05) is 0 Å². The second kappa shape index (κ2) is 11.1. The number of benzene rings is 1. The molecular formula is C25H30F4N4O4. The molecule has 2 unspecified atom stereocenters. The molecular weight excluding hydrogens is 496 g/mol. The normalized spacial score (nSPS) is 20.3. The van der Waals surface area contributed by atoms with Crippen LogP contribution in [0, 0.1) is 18.7 Å². The summed E-state index contributed by atoms with van der Waals surface area (Å²) in [5.74, 6) is -1.42. The standard InChI is InChI=1S/C25H30F4N4O4/c1-15-9-20(26)21(30-24(35)33-14-18(10-16(33)2)25(27,28)29)13-19(15)17-11-22(32-3-6-36-7-4-32)31-23(12-17)37-8-5-34/h9,11-13,16,18,34H,3-8,10,14H2,1-2H3,(H,30,35). The van der Waals surface area contributed by atoms with Gasteiger partial charge in [-0.15, -0.1) is 0 Å². The summed E-state index contributed by atoms with van der Waals surface area (Å²) in [5, 5.41) is 11.6. The molecule has 202 valence electrons. The maximum atomic E-state index is 14.9. The average molecular weight is 527 g/mol. The van der Waals surface area contributed by atoms with E-state index in [4.69, 9.17) is 14.6 Å². The van der Waals surface area contributed by atoms with Crippen LogP contribution >= 0.6 is 0 Å². The van der Waals surface area contributed by atoms with Gasteiger partial charge in [0.2, 0.25) is 5.88 Å². The van der Waals surface area contributed by atoms with Crippen molar-refractivity contribution >= 4 is 17.5 Å². The largest absolute Gasteiger partial charge is 0.475 e. The molecule has 3 heterocycles. The molecule has 2 aliphatic rings. The summed E-state index contributed by atoms with van der Waals surface area (Å²) in [6, 6.07) is 4.77. The number of aliphatic hydroxyl groups is 1. The predicted molar refractivity (Wildman–Crippen MR) is 129 cm³/mol. The number of anilines is 2.